The fraction of sp³-hybridized carbons (Fsp3) is 0.350. The predicted octanol–water partition coefficient (Wildman–Crippen LogP) is 4.73. The van der Waals surface area contributed by atoms with E-state index in [0.717, 1.165) is 18.5 Å². The lowest BCUT2D eigenvalue weighted by molar-refractivity contribution is 0.350. The monoisotopic (exact) mass is 303 g/mol. The van der Waals surface area contributed by atoms with E-state index >= 15 is 0 Å². The standard InChI is InChI=1S/C20H21N3/c1-23-13-5-6-18(23)15-7-8-17-16(14-15)20(10-3-2-4-11-20)19(22-17)9-12-21/h5-9,13-14,22H,2-4,10-11H2,1H3. The van der Waals surface area contributed by atoms with Gasteiger partial charge in [0, 0.05) is 41.8 Å². The average Bonchev–Trinajstić information content (AvgIpc) is 3.12. The Morgan fingerprint density at radius 2 is 2.04 bits per heavy atom. The summed E-state index contributed by atoms with van der Waals surface area (Å²) < 4.78 is 2.16. The van der Waals surface area contributed by atoms with E-state index in [0.29, 0.717) is 0 Å². The highest BCUT2D eigenvalue weighted by atomic mass is 15.0. The summed E-state index contributed by atoms with van der Waals surface area (Å²) in [6.07, 6.45) is 9.84. The van der Waals surface area contributed by atoms with Crippen LogP contribution in [0.4, 0.5) is 5.69 Å². The van der Waals surface area contributed by atoms with Crippen LogP contribution in [-0.4, -0.2) is 4.57 Å². The van der Waals surface area contributed by atoms with Crippen LogP contribution in [0.1, 0.15) is 37.7 Å². The van der Waals surface area contributed by atoms with Gasteiger partial charge >= 0.3 is 0 Å². The van der Waals surface area contributed by atoms with Crippen molar-refractivity contribution < 1.29 is 0 Å². The van der Waals surface area contributed by atoms with Gasteiger partial charge in [-0.3, -0.25) is 0 Å². The number of hydrogen-bond donors (Lipinski definition) is 1. The number of nitriles is 1. The normalized spacial score (nSPS) is 20.3. The Morgan fingerprint density at radius 3 is 2.74 bits per heavy atom. The largest absolute Gasteiger partial charge is 0.357 e. The first kappa shape index (κ1) is 14.1. The van der Waals surface area contributed by atoms with Gasteiger partial charge in [0.1, 0.15) is 0 Å². The molecule has 1 aromatic carbocycles. The van der Waals surface area contributed by atoms with E-state index in [1.807, 2.05) is 0 Å². The highest BCUT2D eigenvalue weighted by Crippen LogP contribution is 2.52. The van der Waals surface area contributed by atoms with Gasteiger partial charge in [-0.05, 0) is 48.2 Å². The number of rotatable bonds is 1. The molecule has 2 aliphatic rings. The van der Waals surface area contributed by atoms with Crippen molar-refractivity contribution in [2.24, 2.45) is 7.05 Å². The first-order chi connectivity index (χ1) is 11.2. The highest BCUT2D eigenvalue weighted by molar-refractivity contribution is 5.75. The van der Waals surface area contributed by atoms with E-state index in [4.69, 9.17) is 0 Å². The van der Waals surface area contributed by atoms with E-state index < -0.39 is 0 Å². The SMILES string of the molecule is Cn1cccc1-c1ccc2c(c1)C1(CCCCC1)C(=CC#N)N2. The minimum Gasteiger partial charge on any atom is -0.357 e. The maximum Gasteiger partial charge on any atom is 0.0930 e. The number of aryl methyl sites for hydroxylation is 1. The van der Waals surface area contributed by atoms with Gasteiger partial charge in [0.05, 0.1) is 6.07 Å². The van der Waals surface area contributed by atoms with Crippen molar-refractivity contribution in [1.29, 1.82) is 5.26 Å². The lowest BCUT2D eigenvalue weighted by atomic mass is 9.68. The van der Waals surface area contributed by atoms with Gasteiger partial charge in [-0.2, -0.15) is 5.26 Å². The molecule has 0 saturated heterocycles. The smallest absolute Gasteiger partial charge is 0.0930 e. The van der Waals surface area contributed by atoms with Crippen molar-refractivity contribution in [3.63, 3.8) is 0 Å². The summed E-state index contributed by atoms with van der Waals surface area (Å²) in [7, 11) is 2.08. The molecule has 3 nitrogen and oxygen atoms in total. The second-order valence-corrected chi connectivity index (χ2v) is 6.72. The molecule has 0 bridgehead atoms. The van der Waals surface area contributed by atoms with E-state index in [2.05, 4.69) is 59.5 Å². The third kappa shape index (κ3) is 2.09. The van der Waals surface area contributed by atoms with Crippen molar-refractivity contribution in [1.82, 2.24) is 4.57 Å². The van der Waals surface area contributed by atoms with Crippen molar-refractivity contribution in [3.05, 3.63) is 53.9 Å². The Morgan fingerprint density at radius 1 is 1.22 bits per heavy atom. The average molecular weight is 303 g/mol. The van der Waals surface area contributed by atoms with Crippen molar-refractivity contribution >= 4 is 5.69 Å². The van der Waals surface area contributed by atoms with E-state index in [9.17, 15) is 5.26 Å². The van der Waals surface area contributed by atoms with E-state index in [1.54, 1.807) is 6.08 Å². The van der Waals surface area contributed by atoms with E-state index in [-0.39, 0.29) is 5.41 Å². The van der Waals surface area contributed by atoms with Crippen LogP contribution in [0, 0.1) is 11.3 Å². The highest BCUT2D eigenvalue weighted by Gasteiger charge is 2.43. The molecule has 3 heteroatoms. The van der Waals surface area contributed by atoms with Crippen LogP contribution in [0.5, 0.6) is 0 Å². The quantitative estimate of drug-likeness (QED) is 0.774. The number of benzene rings is 1. The topological polar surface area (TPSA) is 40.8 Å². The van der Waals surface area contributed by atoms with Crippen LogP contribution < -0.4 is 5.32 Å². The Bertz CT molecular complexity index is 814. The molecular formula is C20H21N3. The van der Waals surface area contributed by atoms with Crippen LogP contribution in [0.15, 0.2) is 48.3 Å². The zero-order valence-electron chi connectivity index (χ0n) is 13.5. The zero-order valence-corrected chi connectivity index (χ0v) is 13.5. The maximum absolute atomic E-state index is 9.19. The molecule has 1 aromatic heterocycles. The second-order valence-electron chi connectivity index (χ2n) is 6.72. The molecular weight excluding hydrogens is 282 g/mol. The third-order valence-corrected chi connectivity index (χ3v) is 5.48. The molecule has 1 saturated carbocycles. The molecule has 0 amide bonds. The second kappa shape index (κ2) is 5.31. The maximum atomic E-state index is 9.19. The Hall–Kier alpha value is -2.47. The minimum atomic E-state index is 0.0183. The molecule has 1 aliphatic carbocycles. The lowest BCUT2D eigenvalue weighted by Crippen LogP contribution is -2.29. The van der Waals surface area contributed by atoms with Gasteiger partial charge in [-0.15, -0.1) is 0 Å². The molecule has 0 radical (unpaired) electrons. The molecule has 2 aromatic rings. The zero-order chi connectivity index (χ0) is 15.9. The first-order valence-corrected chi connectivity index (χ1v) is 8.38. The summed E-state index contributed by atoms with van der Waals surface area (Å²) in [5, 5.41) is 12.7. The minimum absolute atomic E-state index is 0.0183. The fourth-order valence-corrected chi connectivity index (χ4v) is 4.31. The van der Waals surface area contributed by atoms with Gasteiger partial charge in [0.2, 0.25) is 0 Å². The molecule has 116 valence electrons. The number of nitrogens with zero attached hydrogens (tertiary/aromatic N) is 2. The molecule has 2 heterocycles. The first-order valence-electron chi connectivity index (χ1n) is 8.38. The summed E-state index contributed by atoms with van der Waals surface area (Å²) in [4.78, 5) is 0. The van der Waals surface area contributed by atoms with Crippen LogP contribution in [0.25, 0.3) is 11.3 Å². The van der Waals surface area contributed by atoms with Crippen molar-refractivity contribution in [3.8, 4) is 17.3 Å². The third-order valence-electron chi connectivity index (χ3n) is 5.48. The number of fused-ring (bicyclic) bond motifs is 2. The Labute approximate surface area is 137 Å². The lowest BCUT2D eigenvalue weighted by Gasteiger charge is -2.34. The molecule has 23 heavy (non-hydrogen) atoms. The summed E-state index contributed by atoms with van der Waals surface area (Å²) >= 11 is 0. The van der Waals surface area contributed by atoms with Crippen LogP contribution in [-0.2, 0) is 12.5 Å². The summed E-state index contributed by atoms with van der Waals surface area (Å²) in [5.41, 5.74) is 6.14. The number of allylic oxidation sites excluding steroid dienone is 2. The molecule has 0 unspecified atom stereocenters. The van der Waals surface area contributed by atoms with Crippen LogP contribution in [0.2, 0.25) is 0 Å². The summed E-state index contributed by atoms with van der Waals surface area (Å²) in [5.74, 6) is 0. The molecule has 0 atom stereocenters. The molecule has 4 rings (SSSR count). The summed E-state index contributed by atoms with van der Waals surface area (Å²) in [6, 6.07) is 13.2. The van der Waals surface area contributed by atoms with E-state index in [1.165, 1.54) is 41.8 Å². The molecule has 1 fully saturated rings. The number of aromatic nitrogens is 1. The molecule has 1 aliphatic heterocycles. The predicted molar refractivity (Wildman–Crippen MR) is 92.9 cm³/mol. The molecule has 1 spiro atoms. The number of nitrogens with one attached hydrogen (secondary N) is 1. The van der Waals surface area contributed by atoms with Gasteiger partial charge < -0.3 is 9.88 Å². The number of hydrogen-bond acceptors (Lipinski definition) is 2. The van der Waals surface area contributed by atoms with Gasteiger partial charge in [-0.1, -0.05) is 25.3 Å². The molecule has 1 N–H and O–H groups in total. The van der Waals surface area contributed by atoms with Gasteiger partial charge in [0.25, 0.3) is 0 Å². The van der Waals surface area contributed by atoms with Gasteiger partial charge in [-0.25, -0.2) is 0 Å². The Balaban J connectivity index is 1.87. The van der Waals surface area contributed by atoms with Crippen LogP contribution in [0.3, 0.4) is 0 Å². The van der Waals surface area contributed by atoms with Crippen LogP contribution >= 0.6 is 0 Å². The summed E-state index contributed by atoms with van der Waals surface area (Å²) in [6.45, 7) is 0. The Kier molecular flexibility index (Phi) is 3.27. The van der Waals surface area contributed by atoms with Gasteiger partial charge in [0.15, 0.2) is 0 Å². The fourth-order valence-electron chi connectivity index (χ4n) is 4.31. The van der Waals surface area contributed by atoms with Crippen molar-refractivity contribution in [2.45, 2.75) is 37.5 Å². The number of anilines is 1. The van der Waals surface area contributed by atoms with Crippen molar-refractivity contribution in [2.75, 3.05) is 5.32 Å².